The van der Waals surface area contributed by atoms with Crippen molar-refractivity contribution in [2.24, 2.45) is 0 Å². The minimum atomic E-state index is -1.10. The number of aryl methyl sites for hydroxylation is 1. The van der Waals surface area contributed by atoms with E-state index in [1.807, 2.05) is 23.1 Å². The van der Waals surface area contributed by atoms with Crippen LogP contribution in [0.3, 0.4) is 0 Å². The number of carbonyl (C=O) groups excluding carboxylic acids is 3. The average Bonchev–Trinajstić information content (AvgIpc) is 3.33. The summed E-state index contributed by atoms with van der Waals surface area (Å²) < 4.78 is 10.8. The first-order valence-corrected chi connectivity index (χ1v) is 12.4. The van der Waals surface area contributed by atoms with E-state index in [0.29, 0.717) is 32.4 Å². The smallest absolute Gasteiger partial charge is 0.294 e. The normalized spacial score (nSPS) is 23.5. The predicted molar refractivity (Wildman–Crippen MR) is 130 cm³/mol. The van der Waals surface area contributed by atoms with E-state index >= 15 is 0 Å². The fraction of sp³-hybridized carbons (Fsp3) is 0.667. The number of benzene rings is 1. The first-order valence-electron chi connectivity index (χ1n) is 12.4. The number of piperazine rings is 1. The van der Waals surface area contributed by atoms with E-state index in [1.54, 1.807) is 4.90 Å². The van der Waals surface area contributed by atoms with Crippen molar-refractivity contribution in [3.63, 3.8) is 0 Å². The van der Waals surface area contributed by atoms with Crippen molar-refractivity contribution in [3.05, 3.63) is 35.9 Å². The summed E-state index contributed by atoms with van der Waals surface area (Å²) in [5, 5.41) is 0. The largest absolute Gasteiger partial charge is 0.359 e. The van der Waals surface area contributed by atoms with Crippen LogP contribution in [0, 0.1) is 0 Å². The molecule has 2 heterocycles. The number of Topliss-reactive ketones (excluding diaryl/α,β-unsaturated/α-hetero) is 1. The number of methoxy groups -OCH3 is 1. The first kappa shape index (κ1) is 26.4. The highest BCUT2D eigenvalue weighted by Gasteiger charge is 2.52. The summed E-state index contributed by atoms with van der Waals surface area (Å²) in [6.07, 6.45) is 8.08. The second-order valence-corrected chi connectivity index (χ2v) is 9.62. The van der Waals surface area contributed by atoms with Crippen molar-refractivity contribution in [2.75, 3.05) is 27.0 Å². The number of piperidine rings is 1. The third-order valence-corrected chi connectivity index (χ3v) is 7.47. The van der Waals surface area contributed by atoms with Crippen LogP contribution in [0.15, 0.2) is 30.3 Å². The molecule has 2 atom stereocenters. The van der Waals surface area contributed by atoms with Crippen LogP contribution in [0.4, 0.5) is 0 Å². The Hall–Kier alpha value is -2.25. The third kappa shape index (κ3) is 5.52. The second-order valence-electron chi connectivity index (χ2n) is 9.62. The number of ketones is 1. The Morgan fingerprint density at radius 1 is 1.06 bits per heavy atom. The van der Waals surface area contributed by atoms with Gasteiger partial charge in [0.05, 0.1) is 6.04 Å². The van der Waals surface area contributed by atoms with Crippen LogP contribution in [0.1, 0.15) is 70.8 Å². The Kier molecular flexibility index (Phi) is 9.25. The Morgan fingerprint density at radius 3 is 2.50 bits per heavy atom. The number of fused-ring (bicyclic) bond motifs is 2. The molecule has 0 radical (unpaired) electrons. The number of likely N-dealkylation sites (tertiary alicyclic amines) is 1. The van der Waals surface area contributed by atoms with Crippen molar-refractivity contribution in [1.82, 2.24) is 9.80 Å². The number of nitrogens with zero attached hydrogens (tertiary/aromatic N) is 2. The molecule has 2 unspecified atom stereocenters. The Bertz CT molecular complexity index is 837. The van der Waals surface area contributed by atoms with Crippen LogP contribution in [-0.2, 0) is 30.3 Å². The molecule has 1 aromatic rings. The summed E-state index contributed by atoms with van der Waals surface area (Å²) in [4.78, 5) is 43.6. The third-order valence-electron chi connectivity index (χ3n) is 7.47. The molecule has 7 nitrogen and oxygen atoms in total. The van der Waals surface area contributed by atoms with Gasteiger partial charge in [-0.1, -0.05) is 37.8 Å². The fourth-order valence-electron chi connectivity index (χ4n) is 5.71. The van der Waals surface area contributed by atoms with Gasteiger partial charge in [-0.3, -0.25) is 14.4 Å². The molecule has 1 saturated carbocycles. The first-order chi connectivity index (χ1) is 16.1. The molecular weight excluding hydrogens is 432 g/mol. The monoisotopic (exact) mass is 472 g/mol. The van der Waals surface area contributed by atoms with E-state index in [9.17, 15) is 14.4 Å². The van der Waals surface area contributed by atoms with Crippen LogP contribution in [0.25, 0.3) is 0 Å². The summed E-state index contributed by atoms with van der Waals surface area (Å²) in [5.74, 6) is -1.05. The molecule has 0 spiro atoms. The van der Waals surface area contributed by atoms with Gasteiger partial charge < -0.3 is 19.3 Å². The Morgan fingerprint density at radius 2 is 1.79 bits per heavy atom. The number of rotatable bonds is 10. The van der Waals surface area contributed by atoms with Crippen LogP contribution >= 0.6 is 0 Å². The van der Waals surface area contributed by atoms with Crippen LogP contribution < -0.4 is 0 Å². The van der Waals surface area contributed by atoms with E-state index < -0.39 is 23.3 Å². The van der Waals surface area contributed by atoms with Crippen molar-refractivity contribution in [3.8, 4) is 0 Å². The van der Waals surface area contributed by atoms with E-state index in [0.717, 1.165) is 44.9 Å². The van der Waals surface area contributed by atoms with Gasteiger partial charge >= 0.3 is 0 Å². The van der Waals surface area contributed by atoms with Crippen LogP contribution in [-0.4, -0.2) is 72.1 Å². The molecule has 2 bridgehead atoms. The van der Waals surface area contributed by atoms with Crippen molar-refractivity contribution in [1.29, 1.82) is 0 Å². The Balaban J connectivity index is 0.00000324. The highest BCUT2D eigenvalue weighted by molar-refractivity contribution is 6.39. The molecule has 1 aromatic carbocycles. The van der Waals surface area contributed by atoms with E-state index in [4.69, 9.17) is 9.47 Å². The van der Waals surface area contributed by atoms with Crippen LogP contribution in [0.5, 0.6) is 0 Å². The van der Waals surface area contributed by atoms with Gasteiger partial charge in [0.25, 0.3) is 11.7 Å². The minimum Gasteiger partial charge on any atom is -0.359 e. The summed E-state index contributed by atoms with van der Waals surface area (Å²) in [6.45, 7) is 1.21. The van der Waals surface area contributed by atoms with Gasteiger partial charge in [0.2, 0.25) is 5.91 Å². The van der Waals surface area contributed by atoms with Crippen LogP contribution in [0.2, 0.25) is 0 Å². The van der Waals surface area contributed by atoms with Gasteiger partial charge in [0.15, 0.2) is 0 Å². The molecule has 1 aliphatic carbocycles. The van der Waals surface area contributed by atoms with Crippen molar-refractivity contribution in [2.45, 2.75) is 89.3 Å². The summed E-state index contributed by atoms with van der Waals surface area (Å²) in [5.41, 5.74) is 0.213. The lowest BCUT2D eigenvalue weighted by molar-refractivity contribution is -0.177. The standard InChI is InChI=1S/C26H36N2O5.CH4/c1-32-19-33-26(15-6-7-16-26)23(29)25(31)28-21-13-9-14-22(28)24(30)27(18-21)17-8-5-12-20-10-3-2-4-11-20;/h2-4,10-11,21-22H,5-9,12-19H2,1H3;1H4. The molecule has 4 rings (SSSR count). The molecule has 7 heteroatoms. The van der Waals surface area contributed by atoms with E-state index in [2.05, 4.69) is 12.1 Å². The van der Waals surface area contributed by atoms with Gasteiger partial charge in [-0.25, -0.2) is 0 Å². The number of hydrogen-bond acceptors (Lipinski definition) is 5. The lowest BCUT2D eigenvalue weighted by Crippen LogP contribution is -2.67. The fourth-order valence-corrected chi connectivity index (χ4v) is 5.71. The molecule has 0 N–H and O–H groups in total. The molecule has 34 heavy (non-hydrogen) atoms. The molecule has 2 saturated heterocycles. The maximum atomic E-state index is 13.4. The zero-order valence-electron chi connectivity index (χ0n) is 19.7. The Labute approximate surface area is 203 Å². The quantitative estimate of drug-likeness (QED) is 0.295. The summed E-state index contributed by atoms with van der Waals surface area (Å²) >= 11 is 0. The zero-order valence-corrected chi connectivity index (χ0v) is 19.7. The van der Waals surface area contributed by atoms with Crippen molar-refractivity contribution < 1.29 is 23.9 Å². The van der Waals surface area contributed by atoms with E-state index in [-0.39, 0.29) is 26.2 Å². The summed E-state index contributed by atoms with van der Waals surface area (Å²) in [6, 6.07) is 9.76. The van der Waals surface area contributed by atoms with Gasteiger partial charge in [-0.2, -0.15) is 0 Å². The van der Waals surface area contributed by atoms with Gasteiger partial charge in [-0.05, 0) is 69.8 Å². The molecule has 2 amide bonds. The second kappa shape index (κ2) is 11.9. The van der Waals surface area contributed by atoms with Gasteiger partial charge in [-0.15, -0.1) is 0 Å². The topological polar surface area (TPSA) is 76.1 Å². The van der Waals surface area contributed by atoms with Gasteiger partial charge in [0, 0.05) is 20.2 Å². The number of carbonyl (C=O) groups is 3. The van der Waals surface area contributed by atoms with Crippen molar-refractivity contribution >= 4 is 17.6 Å². The molecule has 2 aliphatic heterocycles. The number of hydrogen-bond donors (Lipinski definition) is 0. The lowest BCUT2D eigenvalue weighted by atomic mass is 9.87. The van der Waals surface area contributed by atoms with Gasteiger partial charge in [0.1, 0.15) is 18.4 Å². The zero-order chi connectivity index (χ0) is 23.3. The minimum absolute atomic E-state index is 0. The number of amides is 2. The maximum Gasteiger partial charge on any atom is 0.294 e. The highest BCUT2D eigenvalue weighted by Crippen LogP contribution is 2.37. The SMILES string of the molecule is C.COCOC1(C(=O)C(=O)N2C3CCCC2C(=O)N(CCCCc2ccccc2)C3)CCCC1. The number of ether oxygens (including phenoxy) is 2. The predicted octanol–water partition coefficient (Wildman–Crippen LogP) is 3.74. The average molecular weight is 473 g/mol. The molecular formula is C27H40N2O5. The molecule has 188 valence electrons. The highest BCUT2D eigenvalue weighted by atomic mass is 16.7. The lowest BCUT2D eigenvalue weighted by Gasteiger charge is -2.49. The summed E-state index contributed by atoms with van der Waals surface area (Å²) in [7, 11) is 1.51. The number of unbranched alkanes of at least 4 members (excludes halogenated alkanes) is 1. The maximum absolute atomic E-state index is 13.4. The molecule has 3 fully saturated rings. The molecule has 0 aromatic heterocycles. The van der Waals surface area contributed by atoms with E-state index in [1.165, 1.54) is 12.7 Å². The molecule has 3 aliphatic rings.